The summed E-state index contributed by atoms with van der Waals surface area (Å²) in [4.78, 5) is 16.9. The summed E-state index contributed by atoms with van der Waals surface area (Å²) in [5, 5.41) is 6.15. The van der Waals surface area contributed by atoms with Crippen LogP contribution in [0.25, 0.3) is 11.3 Å². The van der Waals surface area contributed by atoms with Gasteiger partial charge in [-0.1, -0.05) is 46.6 Å². The number of methoxy groups -OCH3 is 2. The zero-order valence-electron chi connectivity index (χ0n) is 15.3. The van der Waals surface area contributed by atoms with Crippen LogP contribution >= 0.6 is 57.9 Å². The lowest BCUT2D eigenvalue weighted by Crippen LogP contribution is -2.14. The van der Waals surface area contributed by atoms with Crippen LogP contribution in [0.4, 0.5) is 5.69 Å². The lowest BCUT2D eigenvalue weighted by Gasteiger charge is -2.12. The van der Waals surface area contributed by atoms with Crippen molar-refractivity contribution < 1.29 is 14.3 Å². The Kier molecular flexibility index (Phi) is 7.54. The minimum absolute atomic E-state index is 0.175. The van der Waals surface area contributed by atoms with Crippen molar-refractivity contribution in [2.45, 2.75) is 4.34 Å². The van der Waals surface area contributed by atoms with Gasteiger partial charge in [0.1, 0.15) is 11.5 Å². The van der Waals surface area contributed by atoms with Gasteiger partial charge in [-0.2, -0.15) is 0 Å². The van der Waals surface area contributed by atoms with E-state index in [2.05, 4.69) is 10.3 Å². The minimum Gasteiger partial charge on any atom is -0.495 e. The molecule has 1 amide bonds. The number of nitrogens with zero attached hydrogens (tertiary/aromatic N) is 1. The van der Waals surface area contributed by atoms with E-state index in [1.807, 2.05) is 11.4 Å². The number of amides is 1. The SMILES string of the molecule is COc1cc(OC)c(NC(=O)CSc2nc(-c3ccc(Cl)cc3Cl)cs2)cc1Cl. The lowest BCUT2D eigenvalue weighted by molar-refractivity contribution is -0.113. The number of aromatic nitrogens is 1. The van der Waals surface area contributed by atoms with Crippen LogP contribution in [0.15, 0.2) is 40.1 Å². The van der Waals surface area contributed by atoms with Crippen molar-refractivity contribution in [3.05, 3.63) is 50.8 Å². The summed E-state index contributed by atoms with van der Waals surface area (Å²) < 4.78 is 11.2. The van der Waals surface area contributed by atoms with E-state index in [1.165, 1.54) is 37.3 Å². The minimum atomic E-state index is -0.212. The van der Waals surface area contributed by atoms with Crippen LogP contribution in [-0.4, -0.2) is 30.9 Å². The van der Waals surface area contributed by atoms with Gasteiger partial charge in [0.25, 0.3) is 0 Å². The van der Waals surface area contributed by atoms with E-state index in [0.29, 0.717) is 32.3 Å². The Bertz CT molecular complexity index is 1040. The summed E-state index contributed by atoms with van der Waals surface area (Å²) in [5.74, 6) is 0.884. The average molecular weight is 490 g/mol. The summed E-state index contributed by atoms with van der Waals surface area (Å²) in [5.41, 5.74) is 2.00. The molecule has 0 bridgehead atoms. The summed E-state index contributed by atoms with van der Waals surface area (Å²) >= 11 is 21.1. The van der Waals surface area contributed by atoms with Gasteiger partial charge in [0.15, 0.2) is 4.34 Å². The molecule has 5 nitrogen and oxygen atoms in total. The number of rotatable bonds is 7. The molecule has 0 atom stereocenters. The molecule has 1 aromatic heterocycles. The molecule has 0 aliphatic carbocycles. The van der Waals surface area contributed by atoms with Crippen LogP contribution in [0.2, 0.25) is 15.1 Å². The van der Waals surface area contributed by atoms with Crippen LogP contribution in [0.3, 0.4) is 0 Å². The Hall–Kier alpha value is -1.64. The second-order valence-corrected chi connectivity index (χ2v) is 8.98. The molecule has 152 valence electrons. The number of hydrogen-bond acceptors (Lipinski definition) is 6. The van der Waals surface area contributed by atoms with Crippen LogP contribution < -0.4 is 14.8 Å². The third-order valence-corrected chi connectivity index (χ3v) is 6.63. The highest BCUT2D eigenvalue weighted by Gasteiger charge is 2.14. The first kappa shape index (κ1) is 22.1. The molecule has 0 aliphatic heterocycles. The van der Waals surface area contributed by atoms with E-state index in [-0.39, 0.29) is 11.7 Å². The number of benzene rings is 2. The fraction of sp³-hybridized carbons (Fsp3) is 0.158. The van der Waals surface area contributed by atoms with Crippen molar-refractivity contribution in [1.29, 1.82) is 0 Å². The maximum Gasteiger partial charge on any atom is 0.234 e. The van der Waals surface area contributed by atoms with E-state index in [4.69, 9.17) is 44.3 Å². The molecule has 0 radical (unpaired) electrons. The first-order chi connectivity index (χ1) is 13.9. The number of halogens is 3. The lowest BCUT2D eigenvalue weighted by atomic mass is 10.2. The fourth-order valence-corrected chi connectivity index (χ4v) is 4.79. The highest BCUT2D eigenvalue weighted by Crippen LogP contribution is 2.36. The number of nitrogens with one attached hydrogen (secondary N) is 1. The second kappa shape index (κ2) is 9.91. The molecule has 0 spiro atoms. The Morgan fingerprint density at radius 1 is 1.10 bits per heavy atom. The summed E-state index contributed by atoms with van der Waals surface area (Å²) in [6.07, 6.45) is 0. The molecule has 2 aromatic carbocycles. The van der Waals surface area contributed by atoms with Gasteiger partial charge in [0.05, 0.1) is 41.4 Å². The predicted molar refractivity (Wildman–Crippen MR) is 121 cm³/mol. The van der Waals surface area contributed by atoms with Crippen LogP contribution in [-0.2, 0) is 4.79 Å². The monoisotopic (exact) mass is 488 g/mol. The van der Waals surface area contributed by atoms with Gasteiger partial charge < -0.3 is 14.8 Å². The van der Waals surface area contributed by atoms with Gasteiger partial charge in [-0.05, 0) is 24.3 Å². The molecule has 0 fully saturated rings. The maximum absolute atomic E-state index is 12.4. The summed E-state index contributed by atoms with van der Waals surface area (Å²) in [6.45, 7) is 0. The van der Waals surface area contributed by atoms with Crippen LogP contribution in [0.1, 0.15) is 0 Å². The zero-order valence-corrected chi connectivity index (χ0v) is 19.2. The molecule has 0 aliphatic rings. The molecule has 0 saturated heterocycles. The molecule has 29 heavy (non-hydrogen) atoms. The van der Waals surface area contributed by atoms with Gasteiger partial charge in [-0.25, -0.2) is 4.98 Å². The second-order valence-electron chi connectivity index (χ2n) is 5.65. The molecular formula is C19H15Cl3N2O3S2. The largest absolute Gasteiger partial charge is 0.495 e. The zero-order chi connectivity index (χ0) is 21.0. The van der Waals surface area contributed by atoms with Crippen LogP contribution in [0.5, 0.6) is 11.5 Å². The number of thioether (sulfide) groups is 1. The third kappa shape index (κ3) is 5.49. The molecule has 3 aromatic rings. The van der Waals surface area contributed by atoms with Gasteiger partial charge >= 0.3 is 0 Å². The van der Waals surface area contributed by atoms with E-state index < -0.39 is 0 Å². The van der Waals surface area contributed by atoms with E-state index in [0.717, 1.165) is 15.6 Å². The summed E-state index contributed by atoms with van der Waals surface area (Å²) in [7, 11) is 3.02. The number of anilines is 1. The number of thiazole rings is 1. The fourth-order valence-electron chi connectivity index (χ4n) is 2.42. The van der Waals surface area contributed by atoms with Crippen molar-refractivity contribution in [2.24, 2.45) is 0 Å². The van der Waals surface area contributed by atoms with Gasteiger partial charge in [0, 0.05) is 22.0 Å². The first-order valence-electron chi connectivity index (χ1n) is 8.16. The molecule has 1 N–H and O–H groups in total. The highest BCUT2D eigenvalue weighted by atomic mass is 35.5. The quantitative estimate of drug-likeness (QED) is 0.383. The highest BCUT2D eigenvalue weighted by molar-refractivity contribution is 8.01. The molecular weight excluding hydrogens is 475 g/mol. The molecule has 1 heterocycles. The maximum atomic E-state index is 12.4. The smallest absolute Gasteiger partial charge is 0.234 e. The number of carbonyl (C=O) groups is 1. The number of ether oxygens (including phenoxy) is 2. The van der Waals surface area contributed by atoms with E-state index in [1.54, 1.807) is 24.3 Å². The Morgan fingerprint density at radius 3 is 2.55 bits per heavy atom. The van der Waals surface area contributed by atoms with Gasteiger partial charge in [-0.15, -0.1) is 11.3 Å². The first-order valence-corrected chi connectivity index (χ1v) is 11.2. The third-order valence-electron chi connectivity index (χ3n) is 3.76. The predicted octanol–water partition coefficient (Wildman–Crippen LogP) is 6.52. The molecule has 0 saturated carbocycles. The Labute approximate surface area is 191 Å². The standard InChI is InChI=1S/C19H15Cl3N2O3S2/c1-26-16-7-17(27-2)14(6-13(16)22)23-18(25)9-29-19-24-15(8-28-19)11-4-3-10(20)5-12(11)21/h3-8H,9H2,1-2H3,(H,23,25). The molecule has 0 unspecified atom stereocenters. The van der Waals surface area contributed by atoms with E-state index in [9.17, 15) is 4.79 Å². The van der Waals surface area contributed by atoms with Crippen molar-refractivity contribution in [2.75, 3.05) is 25.3 Å². The number of carbonyl (C=O) groups excluding carboxylic acids is 1. The normalized spacial score (nSPS) is 10.7. The van der Waals surface area contributed by atoms with Crippen molar-refractivity contribution in [3.8, 4) is 22.8 Å². The van der Waals surface area contributed by atoms with Gasteiger partial charge in [-0.3, -0.25) is 4.79 Å². The Morgan fingerprint density at radius 2 is 1.86 bits per heavy atom. The molecule has 3 rings (SSSR count). The average Bonchev–Trinajstić information content (AvgIpc) is 3.15. The topological polar surface area (TPSA) is 60.5 Å². The Balaban J connectivity index is 1.65. The number of hydrogen-bond donors (Lipinski definition) is 1. The van der Waals surface area contributed by atoms with Crippen LogP contribution in [0, 0.1) is 0 Å². The molecule has 10 heteroatoms. The van der Waals surface area contributed by atoms with Gasteiger partial charge in [0.2, 0.25) is 5.91 Å². The van der Waals surface area contributed by atoms with Crippen molar-refractivity contribution in [1.82, 2.24) is 4.98 Å². The van der Waals surface area contributed by atoms with Crippen molar-refractivity contribution in [3.63, 3.8) is 0 Å². The van der Waals surface area contributed by atoms with E-state index >= 15 is 0 Å². The summed E-state index contributed by atoms with van der Waals surface area (Å²) in [6, 6.07) is 8.46. The van der Waals surface area contributed by atoms with Crippen molar-refractivity contribution >= 4 is 69.5 Å².